The number of hydrogen-bond acceptors (Lipinski definition) is 6. The molecule has 1 aromatic heterocycles. The van der Waals surface area contributed by atoms with E-state index in [4.69, 9.17) is 37.1 Å². The largest absolute Gasteiger partial charge is 0.484 e. The molecule has 1 aliphatic rings. The normalized spacial score (nSPS) is 17.9. The molecule has 4 rings (SSSR count). The van der Waals surface area contributed by atoms with E-state index in [1.54, 1.807) is 6.07 Å². The van der Waals surface area contributed by atoms with Gasteiger partial charge in [0.15, 0.2) is 13.2 Å². The SMILES string of the molecule is O=C(COc1ccc(Cl)c(F)c1)NC1CCC(c2nnc(COc3ccc(Cl)c(F)c3)o2)CC1. The topological polar surface area (TPSA) is 86.5 Å². The second kappa shape index (κ2) is 11.0. The zero-order valence-electron chi connectivity index (χ0n) is 17.9. The molecule has 1 aliphatic carbocycles. The summed E-state index contributed by atoms with van der Waals surface area (Å²) in [7, 11) is 0. The van der Waals surface area contributed by atoms with E-state index in [0.717, 1.165) is 31.7 Å². The van der Waals surface area contributed by atoms with Crippen LogP contribution in [0.5, 0.6) is 11.5 Å². The van der Waals surface area contributed by atoms with Crippen molar-refractivity contribution < 1.29 is 27.5 Å². The third kappa shape index (κ3) is 6.36. The predicted molar refractivity (Wildman–Crippen MR) is 120 cm³/mol. The molecule has 0 saturated heterocycles. The summed E-state index contributed by atoms with van der Waals surface area (Å²) in [6.45, 7) is -0.206. The van der Waals surface area contributed by atoms with Gasteiger partial charge in [0.25, 0.3) is 11.8 Å². The lowest BCUT2D eigenvalue weighted by molar-refractivity contribution is -0.124. The van der Waals surface area contributed by atoms with Crippen LogP contribution in [0.2, 0.25) is 10.0 Å². The lowest BCUT2D eigenvalue weighted by atomic mass is 9.86. The number of nitrogens with zero attached hydrogens (tertiary/aromatic N) is 2. The third-order valence-electron chi connectivity index (χ3n) is 5.44. The summed E-state index contributed by atoms with van der Waals surface area (Å²) >= 11 is 11.3. The highest BCUT2D eigenvalue weighted by atomic mass is 35.5. The Morgan fingerprint density at radius 2 is 1.59 bits per heavy atom. The van der Waals surface area contributed by atoms with E-state index in [1.807, 2.05) is 0 Å². The lowest BCUT2D eigenvalue weighted by Crippen LogP contribution is -2.39. The van der Waals surface area contributed by atoms with Crippen molar-refractivity contribution in [2.24, 2.45) is 0 Å². The first kappa shape index (κ1) is 24.2. The van der Waals surface area contributed by atoms with Crippen molar-refractivity contribution in [1.82, 2.24) is 15.5 Å². The Morgan fingerprint density at radius 3 is 2.21 bits per heavy atom. The molecule has 11 heteroatoms. The summed E-state index contributed by atoms with van der Waals surface area (Å²) in [6.07, 6.45) is 3.01. The van der Waals surface area contributed by atoms with Gasteiger partial charge in [-0.15, -0.1) is 10.2 Å². The minimum Gasteiger partial charge on any atom is -0.484 e. The fourth-order valence-electron chi connectivity index (χ4n) is 3.67. The van der Waals surface area contributed by atoms with Gasteiger partial charge in [-0.2, -0.15) is 0 Å². The molecular weight excluding hydrogens is 491 g/mol. The maximum absolute atomic E-state index is 13.5. The Kier molecular flexibility index (Phi) is 7.84. The summed E-state index contributed by atoms with van der Waals surface area (Å²) in [5.41, 5.74) is 0. The van der Waals surface area contributed by atoms with Crippen molar-refractivity contribution in [3.8, 4) is 11.5 Å². The second-order valence-electron chi connectivity index (χ2n) is 7.88. The molecule has 0 unspecified atom stereocenters. The first-order chi connectivity index (χ1) is 16.4. The first-order valence-corrected chi connectivity index (χ1v) is 11.4. The number of amides is 1. The van der Waals surface area contributed by atoms with Crippen molar-refractivity contribution in [1.29, 1.82) is 0 Å². The predicted octanol–water partition coefficient (Wildman–Crippen LogP) is 5.46. The summed E-state index contributed by atoms with van der Waals surface area (Å²) in [6, 6.07) is 8.16. The average Bonchev–Trinajstić information content (AvgIpc) is 3.30. The van der Waals surface area contributed by atoms with Gasteiger partial charge in [0, 0.05) is 24.1 Å². The number of aromatic nitrogens is 2. The van der Waals surface area contributed by atoms with Crippen molar-refractivity contribution in [3.05, 3.63) is 69.9 Å². The van der Waals surface area contributed by atoms with Gasteiger partial charge in [-0.25, -0.2) is 8.78 Å². The van der Waals surface area contributed by atoms with Gasteiger partial charge in [0.05, 0.1) is 10.0 Å². The van der Waals surface area contributed by atoms with E-state index in [9.17, 15) is 13.6 Å². The van der Waals surface area contributed by atoms with Crippen molar-refractivity contribution in [2.45, 2.75) is 44.2 Å². The van der Waals surface area contributed by atoms with Crippen LogP contribution in [0.15, 0.2) is 40.8 Å². The molecule has 0 aliphatic heterocycles. The van der Waals surface area contributed by atoms with Gasteiger partial charge in [-0.05, 0) is 49.9 Å². The molecule has 34 heavy (non-hydrogen) atoms. The van der Waals surface area contributed by atoms with Crippen LogP contribution in [-0.2, 0) is 11.4 Å². The molecule has 1 fully saturated rings. The fourth-order valence-corrected chi connectivity index (χ4v) is 3.91. The molecule has 0 radical (unpaired) electrons. The Bertz CT molecular complexity index is 1150. The minimum atomic E-state index is -0.604. The monoisotopic (exact) mass is 511 g/mol. The smallest absolute Gasteiger partial charge is 0.258 e. The molecule has 2 aromatic carbocycles. The van der Waals surface area contributed by atoms with Crippen LogP contribution < -0.4 is 14.8 Å². The standard InChI is InChI=1S/C23H21Cl2F2N3O4/c24-17-7-5-15(9-19(17)26)32-11-21(31)28-14-3-1-13(2-4-14)23-30-29-22(34-23)12-33-16-6-8-18(25)20(27)10-16/h5-10,13-14H,1-4,11-12H2,(H,28,31). The van der Waals surface area contributed by atoms with Crippen molar-refractivity contribution in [2.75, 3.05) is 6.61 Å². The van der Waals surface area contributed by atoms with Gasteiger partial charge in [-0.3, -0.25) is 4.79 Å². The Labute approximate surface area is 204 Å². The molecule has 1 heterocycles. The number of benzene rings is 2. The Morgan fingerprint density at radius 1 is 0.971 bits per heavy atom. The maximum Gasteiger partial charge on any atom is 0.258 e. The van der Waals surface area contributed by atoms with Gasteiger partial charge < -0.3 is 19.2 Å². The van der Waals surface area contributed by atoms with Crippen LogP contribution in [0.3, 0.4) is 0 Å². The van der Waals surface area contributed by atoms with Crippen LogP contribution in [0.1, 0.15) is 43.4 Å². The Balaban J connectivity index is 1.20. The van der Waals surface area contributed by atoms with Crippen LogP contribution in [0.4, 0.5) is 8.78 Å². The summed E-state index contributed by atoms with van der Waals surface area (Å²) < 4.78 is 43.4. The molecule has 7 nitrogen and oxygen atoms in total. The quantitative estimate of drug-likeness (QED) is 0.432. The number of halogens is 4. The molecule has 1 saturated carbocycles. The fraction of sp³-hybridized carbons (Fsp3) is 0.348. The minimum absolute atomic E-state index is 0.000157. The molecule has 180 valence electrons. The summed E-state index contributed by atoms with van der Waals surface area (Å²) in [4.78, 5) is 12.2. The molecular formula is C23H21Cl2F2N3O4. The molecule has 0 spiro atoms. The number of nitrogens with one attached hydrogen (secondary N) is 1. The zero-order chi connectivity index (χ0) is 24.1. The average molecular weight is 512 g/mol. The van der Waals surface area contributed by atoms with Crippen molar-refractivity contribution >= 4 is 29.1 Å². The highest BCUT2D eigenvalue weighted by Gasteiger charge is 2.27. The number of hydrogen-bond donors (Lipinski definition) is 1. The van der Waals surface area contributed by atoms with E-state index in [-0.39, 0.29) is 52.8 Å². The van der Waals surface area contributed by atoms with Crippen molar-refractivity contribution in [3.63, 3.8) is 0 Å². The molecule has 0 bridgehead atoms. The number of rotatable bonds is 8. The number of ether oxygens (including phenoxy) is 2. The molecule has 0 atom stereocenters. The van der Waals surface area contributed by atoms with E-state index < -0.39 is 11.6 Å². The number of carbonyl (C=O) groups is 1. The van der Waals surface area contributed by atoms with Crippen LogP contribution >= 0.6 is 23.2 Å². The highest BCUT2D eigenvalue weighted by molar-refractivity contribution is 6.31. The first-order valence-electron chi connectivity index (χ1n) is 10.6. The van der Waals surface area contributed by atoms with E-state index in [2.05, 4.69) is 15.5 Å². The molecule has 1 amide bonds. The highest BCUT2D eigenvalue weighted by Crippen LogP contribution is 2.32. The van der Waals surface area contributed by atoms with Crippen LogP contribution in [0.25, 0.3) is 0 Å². The number of carbonyl (C=O) groups excluding carboxylic acids is 1. The summed E-state index contributed by atoms with van der Waals surface area (Å²) in [5, 5.41) is 11.0. The van der Waals surface area contributed by atoms with Crippen LogP contribution in [-0.4, -0.2) is 28.8 Å². The van der Waals surface area contributed by atoms with Crippen LogP contribution in [0, 0.1) is 11.6 Å². The summed E-state index contributed by atoms with van der Waals surface area (Å²) in [5.74, 6) is -0.0333. The van der Waals surface area contributed by atoms with Gasteiger partial charge in [-0.1, -0.05) is 23.2 Å². The Hall–Kier alpha value is -2.91. The van der Waals surface area contributed by atoms with E-state index in [0.29, 0.717) is 11.6 Å². The molecule has 3 aromatic rings. The lowest BCUT2D eigenvalue weighted by Gasteiger charge is -2.27. The van der Waals surface area contributed by atoms with Gasteiger partial charge >= 0.3 is 0 Å². The second-order valence-corrected chi connectivity index (χ2v) is 8.69. The van der Waals surface area contributed by atoms with Gasteiger partial charge in [0.2, 0.25) is 5.89 Å². The van der Waals surface area contributed by atoms with Gasteiger partial charge in [0.1, 0.15) is 23.1 Å². The zero-order valence-corrected chi connectivity index (χ0v) is 19.4. The van der Waals surface area contributed by atoms with E-state index in [1.165, 1.54) is 24.3 Å². The third-order valence-corrected chi connectivity index (χ3v) is 6.05. The maximum atomic E-state index is 13.5. The van der Waals surface area contributed by atoms with E-state index >= 15 is 0 Å². The molecule has 1 N–H and O–H groups in total.